The van der Waals surface area contributed by atoms with Crippen LogP contribution in [0.15, 0.2) is 40.9 Å². The molecule has 1 fully saturated rings. The molecule has 1 aliphatic rings. The molecule has 1 amide bonds. The lowest BCUT2D eigenvalue weighted by Gasteiger charge is -2.27. The normalized spacial score (nSPS) is 14.1. The summed E-state index contributed by atoms with van der Waals surface area (Å²) in [7, 11) is 1.70. The Morgan fingerprint density at radius 2 is 1.90 bits per heavy atom. The Labute approximate surface area is 169 Å². The van der Waals surface area contributed by atoms with E-state index in [0.29, 0.717) is 29.0 Å². The molecule has 0 N–H and O–H groups in total. The average molecular weight is 392 g/mol. The lowest BCUT2D eigenvalue weighted by molar-refractivity contribution is 0.0771. The van der Waals surface area contributed by atoms with Gasteiger partial charge in [0.25, 0.3) is 5.91 Å². The highest BCUT2D eigenvalue weighted by molar-refractivity contribution is 5.94. The molecule has 0 unspecified atom stereocenters. The van der Waals surface area contributed by atoms with Gasteiger partial charge < -0.3 is 14.2 Å². The van der Waals surface area contributed by atoms with E-state index in [-0.39, 0.29) is 12.5 Å². The third-order valence-electron chi connectivity index (χ3n) is 5.04. The lowest BCUT2D eigenvalue weighted by atomic mass is 10.1. The number of nitrogens with zero attached hydrogens (tertiary/aromatic N) is 6. The number of carbonyl (C=O) groups excluding carboxylic acids is 1. The van der Waals surface area contributed by atoms with Gasteiger partial charge in [-0.05, 0) is 38.3 Å². The third-order valence-corrected chi connectivity index (χ3v) is 5.04. The number of aromatic nitrogens is 4. The van der Waals surface area contributed by atoms with Crippen LogP contribution in [0.1, 0.15) is 41.2 Å². The highest BCUT2D eigenvalue weighted by Crippen LogP contribution is 2.20. The third kappa shape index (κ3) is 4.26. The van der Waals surface area contributed by atoms with Crippen LogP contribution in [0.4, 0.5) is 5.95 Å². The molecule has 29 heavy (non-hydrogen) atoms. The van der Waals surface area contributed by atoms with Crippen LogP contribution in [0, 0.1) is 6.92 Å². The Morgan fingerprint density at radius 3 is 2.62 bits per heavy atom. The van der Waals surface area contributed by atoms with Crippen LogP contribution in [0.2, 0.25) is 0 Å². The van der Waals surface area contributed by atoms with Gasteiger partial charge in [0.1, 0.15) is 0 Å². The number of aryl methyl sites for hydroxylation is 1. The zero-order chi connectivity index (χ0) is 20.2. The lowest BCUT2D eigenvalue weighted by Crippen LogP contribution is -2.32. The summed E-state index contributed by atoms with van der Waals surface area (Å²) >= 11 is 0. The van der Waals surface area contributed by atoms with Crippen molar-refractivity contribution in [2.24, 2.45) is 0 Å². The van der Waals surface area contributed by atoms with Crippen LogP contribution in [-0.4, -0.2) is 51.1 Å². The van der Waals surface area contributed by atoms with Crippen molar-refractivity contribution in [3.63, 3.8) is 0 Å². The van der Waals surface area contributed by atoms with E-state index < -0.39 is 0 Å². The van der Waals surface area contributed by atoms with Gasteiger partial charge in [0.15, 0.2) is 0 Å². The van der Waals surface area contributed by atoms with Gasteiger partial charge in [-0.15, -0.1) is 10.2 Å². The highest BCUT2D eigenvalue weighted by Gasteiger charge is 2.21. The summed E-state index contributed by atoms with van der Waals surface area (Å²) < 4.78 is 5.70. The molecule has 8 nitrogen and oxygen atoms in total. The molecule has 2 aromatic heterocycles. The van der Waals surface area contributed by atoms with Gasteiger partial charge in [0, 0.05) is 31.9 Å². The molecule has 0 saturated carbocycles. The summed E-state index contributed by atoms with van der Waals surface area (Å²) in [5, 5.41) is 8.13. The molecule has 3 aromatic rings. The maximum absolute atomic E-state index is 12.9. The largest absolute Gasteiger partial charge is 0.419 e. The van der Waals surface area contributed by atoms with Crippen LogP contribution < -0.4 is 4.90 Å². The minimum atomic E-state index is -0.174. The van der Waals surface area contributed by atoms with Crippen LogP contribution >= 0.6 is 0 Å². The first-order chi connectivity index (χ1) is 14.1. The number of amides is 1. The second-order valence-electron chi connectivity index (χ2n) is 7.24. The fraction of sp³-hybridized carbons (Fsp3) is 0.381. The molecule has 4 rings (SSSR count). The van der Waals surface area contributed by atoms with Gasteiger partial charge in [0.05, 0.1) is 17.8 Å². The summed E-state index contributed by atoms with van der Waals surface area (Å²) in [5.74, 6) is 1.34. The van der Waals surface area contributed by atoms with Crippen LogP contribution in [0.25, 0.3) is 11.5 Å². The van der Waals surface area contributed by atoms with E-state index in [4.69, 9.17) is 4.42 Å². The molecule has 1 aliphatic heterocycles. The number of hydrogen-bond acceptors (Lipinski definition) is 7. The van der Waals surface area contributed by atoms with Crippen molar-refractivity contribution in [2.45, 2.75) is 32.7 Å². The summed E-state index contributed by atoms with van der Waals surface area (Å²) in [4.78, 5) is 25.6. The molecule has 8 heteroatoms. The quantitative estimate of drug-likeness (QED) is 0.659. The van der Waals surface area contributed by atoms with Gasteiger partial charge >= 0.3 is 0 Å². The Hall–Kier alpha value is -3.29. The van der Waals surface area contributed by atoms with Gasteiger partial charge in [-0.25, -0.2) is 9.97 Å². The molecular weight excluding hydrogens is 368 g/mol. The number of rotatable bonds is 5. The minimum absolute atomic E-state index is 0.174. The van der Waals surface area contributed by atoms with Gasteiger partial charge in [-0.2, -0.15) is 0 Å². The van der Waals surface area contributed by atoms with Crippen LogP contribution in [0.3, 0.4) is 0 Å². The van der Waals surface area contributed by atoms with Gasteiger partial charge in [0.2, 0.25) is 17.7 Å². The van der Waals surface area contributed by atoms with Crippen molar-refractivity contribution in [3.8, 4) is 11.5 Å². The number of anilines is 1. The second-order valence-corrected chi connectivity index (χ2v) is 7.24. The average Bonchev–Trinajstić information content (AvgIpc) is 3.23. The predicted molar refractivity (Wildman–Crippen MR) is 108 cm³/mol. The molecule has 0 radical (unpaired) electrons. The van der Waals surface area contributed by atoms with Crippen molar-refractivity contribution in [2.75, 3.05) is 25.0 Å². The highest BCUT2D eigenvalue weighted by atomic mass is 16.4. The van der Waals surface area contributed by atoms with E-state index in [1.54, 1.807) is 13.2 Å². The predicted octanol–water partition coefficient (Wildman–Crippen LogP) is 3.10. The van der Waals surface area contributed by atoms with E-state index in [2.05, 4.69) is 25.1 Å². The second kappa shape index (κ2) is 8.38. The molecule has 0 bridgehead atoms. The van der Waals surface area contributed by atoms with Crippen LogP contribution in [-0.2, 0) is 6.54 Å². The number of benzene rings is 1. The van der Waals surface area contributed by atoms with Crippen molar-refractivity contribution in [3.05, 3.63) is 53.7 Å². The van der Waals surface area contributed by atoms with E-state index >= 15 is 0 Å². The minimum Gasteiger partial charge on any atom is -0.419 e. The Balaban J connectivity index is 1.44. The monoisotopic (exact) mass is 392 g/mol. The molecular formula is C21H24N6O2. The Kier molecular flexibility index (Phi) is 5.50. The fourth-order valence-corrected chi connectivity index (χ4v) is 3.41. The first-order valence-corrected chi connectivity index (χ1v) is 9.83. The maximum Gasteiger partial charge on any atom is 0.257 e. The molecule has 0 spiro atoms. The number of hydrogen-bond donors (Lipinski definition) is 0. The van der Waals surface area contributed by atoms with Crippen LogP contribution in [0.5, 0.6) is 0 Å². The molecule has 150 valence electrons. The number of carbonyl (C=O) groups is 1. The fourth-order valence-electron chi connectivity index (χ4n) is 3.41. The summed E-state index contributed by atoms with van der Waals surface area (Å²) in [5.41, 5.74) is 2.00. The van der Waals surface area contributed by atoms with E-state index in [0.717, 1.165) is 31.5 Å². The molecule has 0 aliphatic carbocycles. The molecule has 3 heterocycles. The molecule has 1 aromatic carbocycles. The Morgan fingerprint density at radius 1 is 1.14 bits per heavy atom. The van der Waals surface area contributed by atoms with E-state index in [9.17, 15) is 4.79 Å². The standard InChI is InChI=1S/C21H24N6O2/c1-15-17(13-22-21(23-15)27-11-7-4-8-12-27)20(28)26(2)14-18-24-25-19(29-18)16-9-5-3-6-10-16/h3,5-6,9-10,13H,4,7-8,11-12,14H2,1-2H3. The molecule has 1 saturated heterocycles. The van der Waals surface area contributed by atoms with Gasteiger partial charge in [-0.3, -0.25) is 4.79 Å². The smallest absolute Gasteiger partial charge is 0.257 e. The zero-order valence-corrected chi connectivity index (χ0v) is 16.7. The number of piperidine rings is 1. The van der Waals surface area contributed by atoms with Gasteiger partial charge in [-0.1, -0.05) is 18.2 Å². The first kappa shape index (κ1) is 19.0. The van der Waals surface area contributed by atoms with E-state index in [1.807, 2.05) is 37.3 Å². The zero-order valence-electron chi connectivity index (χ0n) is 16.7. The Bertz CT molecular complexity index is 982. The maximum atomic E-state index is 12.9. The molecule has 0 atom stereocenters. The summed E-state index contributed by atoms with van der Waals surface area (Å²) in [6, 6.07) is 9.54. The SMILES string of the molecule is Cc1nc(N2CCCCC2)ncc1C(=O)N(C)Cc1nnc(-c2ccccc2)o1. The summed E-state index contributed by atoms with van der Waals surface area (Å²) in [6.45, 7) is 3.99. The topological polar surface area (TPSA) is 88.3 Å². The summed E-state index contributed by atoms with van der Waals surface area (Å²) in [6.07, 6.45) is 5.18. The van der Waals surface area contributed by atoms with Crippen molar-refractivity contribution >= 4 is 11.9 Å². The van der Waals surface area contributed by atoms with Crippen molar-refractivity contribution in [1.82, 2.24) is 25.1 Å². The van der Waals surface area contributed by atoms with Crippen molar-refractivity contribution in [1.29, 1.82) is 0 Å². The first-order valence-electron chi connectivity index (χ1n) is 9.83. The van der Waals surface area contributed by atoms with Crippen molar-refractivity contribution < 1.29 is 9.21 Å². The van der Waals surface area contributed by atoms with E-state index in [1.165, 1.54) is 11.3 Å².